The summed E-state index contributed by atoms with van der Waals surface area (Å²) in [4.78, 5) is 18.1. The maximum absolute atomic E-state index is 12.0. The van der Waals surface area contributed by atoms with Gasteiger partial charge in [0.2, 0.25) is 0 Å². The van der Waals surface area contributed by atoms with E-state index in [9.17, 15) is 4.79 Å². The van der Waals surface area contributed by atoms with Gasteiger partial charge < -0.3 is 9.47 Å². The maximum atomic E-state index is 12.0. The second kappa shape index (κ2) is 6.88. The Labute approximate surface area is 130 Å². The van der Waals surface area contributed by atoms with Gasteiger partial charge in [0, 0.05) is 11.5 Å². The summed E-state index contributed by atoms with van der Waals surface area (Å²) in [6, 6.07) is 0. The van der Waals surface area contributed by atoms with Crippen molar-refractivity contribution in [3.63, 3.8) is 0 Å². The Kier molecular flexibility index (Phi) is 5.38. The zero-order chi connectivity index (χ0) is 15.5. The molecule has 118 valence electrons. The van der Waals surface area contributed by atoms with E-state index in [0.717, 1.165) is 36.4 Å². The number of esters is 1. The first kappa shape index (κ1) is 16.4. The average Bonchev–Trinajstić information content (AvgIpc) is 3.05. The molecule has 0 saturated heterocycles. The van der Waals surface area contributed by atoms with Gasteiger partial charge in [-0.15, -0.1) is 11.3 Å². The summed E-state index contributed by atoms with van der Waals surface area (Å²) in [6.07, 6.45) is 3.54. The second-order valence-electron chi connectivity index (χ2n) is 5.31. The van der Waals surface area contributed by atoms with E-state index in [-0.39, 0.29) is 17.5 Å². The molecule has 0 N–H and O–H groups in total. The predicted octanol–water partition coefficient (Wildman–Crippen LogP) is 3.79. The number of hydrogen-bond acceptors (Lipinski definition) is 5. The summed E-state index contributed by atoms with van der Waals surface area (Å²) in [7, 11) is 0. The highest BCUT2D eigenvalue weighted by Gasteiger charge is 2.39. The Hall–Kier alpha value is -0.940. The average molecular weight is 311 g/mol. The third-order valence-electron chi connectivity index (χ3n) is 4.24. The number of thiazole rings is 1. The van der Waals surface area contributed by atoms with E-state index in [1.54, 1.807) is 11.3 Å². The quantitative estimate of drug-likeness (QED) is 0.719. The molecule has 4 nitrogen and oxygen atoms in total. The van der Waals surface area contributed by atoms with Gasteiger partial charge in [-0.05, 0) is 39.5 Å². The van der Waals surface area contributed by atoms with E-state index < -0.39 is 0 Å². The first-order valence-corrected chi connectivity index (χ1v) is 8.74. The van der Waals surface area contributed by atoms with Gasteiger partial charge in [0.1, 0.15) is 16.5 Å². The summed E-state index contributed by atoms with van der Waals surface area (Å²) in [5.74, 6) is -0.318. The molecular weight excluding hydrogens is 286 g/mol. The molecule has 1 unspecified atom stereocenters. The molecule has 1 aliphatic rings. The van der Waals surface area contributed by atoms with E-state index in [4.69, 9.17) is 14.5 Å². The molecule has 0 bridgehead atoms. The van der Waals surface area contributed by atoms with Crippen molar-refractivity contribution in [1.29, 1.82) is 0 Å². The second-order valence-corrected chi connectivity index (χ2v) is 6.39. The highest BCUT2D eigenvalue weighted by molar-refractivity contribution is 7.12. The van der Waals surface area contributed by atoms with Crippen LogP contribution in [0, 0.1) is 0 Å². The summed E-state index contributed by atoms with van der Waals surface area (Å²) in [5, 5.41) is 1.02. The van der Waals surface area contributed by atoms with Crippen LogP contribution in [-0.4, -0.2) is 24.2 Å². The molecule has 0 fully saturated rings. The van der Waals surface area contributed by atoms with E-state index in [1.165, 1.54) is 4.88 Å². The van der Waals surface area contributed by atoms with Crippen molar-refractivity contribution < 1.29 is 14.3 Å². The van der Waals surface area contributed by atoms with Crippen molar-refractivity contribution >= 4 is 17.3 Å². The topological polar surface area (TPSA) is 48.4 Å². The molecule has 1 aliphatic carbocycles. The molecule has 1 heterocycles. The molecule has 0 spiro atoms. The lowest BCUT2D eigenvalue weighted by Crippen LogP contribution is -2.28. The number of fused-ring (bicyclic) bond motifs is 1. The number of aryl methyl sites for hydroxylation is 1. The van der Waals surface area contributed by atoms with Gasteiger partial charge in [-0.25, -0.2) is 4.98 Å². The largest absolute Gasteiger partial charge is 0.465 e. The molecular formula is C16H25NO3S. The first-order chi connectivity index (χ1) is 10.1. The number of carbonyl (C=O) groups is 1. The highest BCUT2D eigenvalue weighted by Crippen LogP contribution is 2.43. The van der Waals surface area contributed by atoms with Gasteiger partial charge >= 0.3 is 5.97 Å². The minimum atomic E-state index is -0.303. The highest BCUT2D eigenvalue weighted by atomic mass is 32.1. The van der Waals surface area contributed by atoms with Crippen LogP contribution in [0.5, 0.6) is 0 Å². The SMILES string of the molecule is CCOC(=O)C1CCc2sc(C(CC)(CC)OCC)nc21. The zero-order valence-electron chi connectivity index (χ0n) is 13.4. The third kappa shape index (κ3) is 2.99. The van der Waals surface area contributed by atoms with Gasteiger partial charge in [-0.2, -0.15) is 0 Å². The van der Waals surface area contributed by atoms with Gasteiger partial charge in [0.05, 0.1) is 12.3 Å². The van der Waals surface area contributed by atoms with Gasteiger partial charge in [-0.3, -0.25) is 4.79 Å². The number of nitrogens with zero attached hydrogens (tertiary/aromatic N) is 1. The lowest BCUT2D eigenvalue weighted by molar-refractivity contribution is -0.145. The number of ether oxygens (including phenoxy) is 2. The van der Waals surface area contributed by atoms with Crippen molar-refractivity contribution in [2.24, 2.45) is 0 Å². The fourth-order valence-corrected chi connectivity index (χ4v) is 4.41. The summed E-state index contributed by atoms with van der Waals surface area (Å²) < 4.78 is 11.2. The standard InChI is InChI=1S/C16H25NO3S/c1-5-16(6-2,20-8-4)15-17-13-11(14(18)19-7-3)9-10-12(13)21-15/h11H,5-10H2,1-4H3. The Balaban J connectivity index is 2.30. The van der Waals surface area contributed by atoms with Crippen molar-refractivity contribution in [2.45, 2.75) is 64.9 Å². The van der Waals surface area contributed by atoms with Crippen molar-refractivity contribution in [3.8, 4) is 0 Å². The monoisotopic (exact) mass is 311 g/mol. The summed E-state index contributed by atoms with van der Waals surface area (Å²) in [5.41, 5.74) is 0.627. The van der Waals surface area contributed by atoms with E-state index >= 15 is 0 Å². The fraction of sp³-hybridized carbons (Fsp3) is 0.750. The van der Waals surface area contributed by atoms with Crippen molar-refractivity contribution in [1.82, 2.24) is 4.98 Å². The Bertz CT molecular complexity index is 494. The predicted molar refractivity (Wildman–Crippen MR) is 83.7 cm³/mol. The molecule has 1 atom stereocenters. The molecule has 1 aromatic rings. The van der Waals surface area contributed by atoms with Crippen LogP contribution in [-0.2, 0) is 26.3 Å². The van der Waals surface area contributed by atoms with Crippen LogP contribution >= 0.6 is 11.3 Å². The molecule has 0 saturated carbocycles. The van der Waals surface area contributed by atoms with Crippen molar-refractivity contribution in [2.75, 3.05) is 13.2 Å². The van der Waals surface area contributed by atoms with Crippen LogP contribution in [0.1, 0.15) is 68.5 Å². The number of hydrogen-bond donors (Lipinski definition) is 0. The van der Waals surface area contributed by atoms with Crippen LogP contribution in [0.4, 0.5) is 0 Å². The molecule has 0 aliphatic heterocycles. The minimum absolute atomic E-state index is 0.136. The van der Waals surface area contributed by atoms with E-state index in [1.807, 2.05) is 13.8 Å². The zero-order valence-corrected chi connectivity index (χ0v) is 14.2. The lowest BCUT2D eigenvalue weighted by atomic mass is 9.98. The van der Waals surface area contributed by atoms with Gasteiger partial charge in [0.15, 0.2) is 0 Å². The molecule has 2 rings (SSSR count). The summed E-state index contributed by atoms with van der Waals surface area (Å²) in [6.45, 7) is 9.22. The fourth-order valence-electron chi connectivity index (χ4n) is 2.99. The van der Waals surface area contributed by atoms with Gasteiger partial charge in [0.25, 0.3) is 0 Å². The van der Waals surface area contributed by atoms with E-state index in [2.05, 4.69) is 13.8 Å². The molecule has 0 amide bonds. The molecule has 0 aromatic carbocycles. The molecule has 0 radical (unpaired) electrons. The molecule has 1 aromatic heterocycles. The van der Waals surface area contributed by atoms with Gasteiger partial charge in [-0.1, -0.05) is 13.8 Å². The Morgan fingerprint density at radius 1 is 1.29 bits per heavy atom. The lowest BCUT2D eigenvalue weighted by Gasteiger charge is -2.29. The molecule has 21 heavy (non-hydrogen) atoms. The third-order valence-corrected chi connectivity index (χ3v) is 5.56. The molecule has 5 heteroatoms. The Morgan fingerprint density at radius 2 is 2.00 bits per heavy atom. The van der Waals surface area contributed by atoms with Crippen LogP contribution in [0.2, 0.25) is 0 Å². The van der Waals surface area contributed by atoms with Crippen LogP contribution in [0.3, 0.4) is 0 Å². The maximum Gasteiger partial charge on any atom is 0.315 e. The van der Waals surface area contributed by atoms with Crippen molar-refractivity contribution in [3.05, 3.63) is 15.6 Å². The smallest absolute Gasteiger partial charge is 0.315 e. The van der Waals surface area contributed by atoms with Crippen LogP contribution in [0.25, 0.3) is 0 Å². The first-order valence-electron chi connectivity index (χ1n) is 7.92. The number of carbonyl (C=O) groups excluding carboxylic acids is 1. The van der Waals surface area contributed by atoms with Crippen LogP contribution < -0.4 is 0 Å². The van der Waals surface area contributed by atoms with Crippen LogP contribution in [0.15, 0.2) is 0 Å². The Morgan fingerprint density at radius 3 is 2.57 bits per heavy atom. The van der Waals surface area contributed by atoms with E-state index in [0.29, 0.717) is 13.2 Å². The summed E-state index contributed by atoms with van der Waals surface area (Å²) >= 11 is 1.71. The minimum Gasteiger partial charge on any atom is -0.465 e. The number of rotatable bonds is 7. The number of aromatic nitrogens is 1. The normalized spacial score (nSPS) is 17.8.